The summed E-state index contributed by atoms with van der Waals surface area (Å²) in [4.78, 5) is 11.5. The molecule has 2 nitrogen and oxygen atoms in total. The van der Waals surface area contributed by atoms with E-state index in [1.165, 1.54) is 13.2 Å². The summed E-state index contributed by atoms with van der Waals surface area (Å²) in [5.41, 5.74) is 0. The molecule has 0 atom stereocenters. The van der Waals surface area contributed by atoms with Crippen molar-refractivity contribution < 1.29 is 18.3 Å². The molecule has 0 spiro atoms. The van der Waals surface area contributed by atoms with Gasteiger partial charge in [-0.3, -0.25) is 0 Å². The van der Waals surface area contributed by atoms with Gasteiger partial charge in [-0.25, -0.2) is 0 Å². The molecule has 5 heteroatoms. The summed E-state index contributed by atoms with van der Waals surface area (Å²) in [6.45, 7) is 0. The van der Waals surface area contributed by atoms with Crippen molar-refractivity contribution >= 4 is 25.8 Å². The second-order valence-corrected chi connectivity index (χ2v) is 8.91. The summed E-state index contributed by atoms with van der Waals surface area (Å²) in [5.74, 6) is -1.29. The summed E-state index contributed by atoms with van der Waals surface area (Å²) in [6, 6.07) is 3.42. The van der Waals surface area contributed by atoms with Gasteiger partial charge in [-0.1, -0.05) is 0 Å². The third kappa shape index (κ3) is 2.48. The zero-order valence-corrected chi connectivity index (χ0v) is 11.3. The number of carbonyl (C=O) groups is 1. The van der Waals surface area contributed by atoms with Crippen molar-refractivity contribution in [3.8, 4) is 0 Å². The van der Waals surface area contributed by atoms with Crippen LogP contribution in [0.3, 0.4) is 0 Å². The average Bonchev–Trinajstić information content (AvgIpc) is 2.80. The molecule has 0 aliphatic carbocycles. The number of hydrogen-bond acceptors (Lipinski definition) is 2. The van der Waals surface area contributed by atoms with Gasteiger partial charge >= 0.3 is 105 Å². The first-order chi connectivity index (χ1) is 8.13. The van der Waals surface area contributed by atoms with Gasteiger partial charge in [-0.05, 0) is 0 Å². The average molecular weight is 352 g/mol. The van der Waals surface area contributed by atoms with E-state index in [1.807, 2.05) is 0 Å². The van der Waals surface area contributed by atoms with Crippen LogP contribution < -0.4 is 0 Å². The summed E-state index contributed by atoms with van der Waals surface area (Å²) >= 11 is -2.12. The molecule has 0 unspecified atom stereocenters. The van der Waals surface area contributed by atoms with Gasteiger partial charge in [-0.2, -0.15) is 0 Å². The Hall–Kier alpha value is -0.980. The fourth-order valence-electron chi connectivity index (χ4n) is 1.62. The van der Waals surface area contributed by atoms with Gasteiger partial charge in [0, 0.05) is 0 Å². The predicted molar refractivity (Wildman–Crippen MR) is 68.7 cm³/mol. The second kappa shape index (κ2) is 5.12. The number of benzene rings is 1. The third-order valence-corrected chi connectivity index (χ3v) is 8.59. The Bertz CT molecular complexity index is 485. The zero-order valence-electron chi connectivity index (χ0n) is 9.17. The van der Waals surface area contributed by atoms with Crippen LogP contribution in [0, 0.1) is 15.2 Å². The molecule has 92 valence electrons. The van der Waals surface area contributed by atoms with Gasteiger partial charge in [0.25, 0.3) is 0 Å². The van der Waals surface area contributed by atoms with Gasteiger partial charge in [0.2, 0.25) is 0 Å². The summed E-state index contributed by atoms with van der Waals surface area (Å²) in [7, 11) is 1.30. The van der Waals surface area contributed by atoms with Crippen molar-refractivity contribution in [2.75, 3.05) is 11.5 Å². The molecule has 1 heterocycles. The Labute approximate surface area is 105 Å². The minimum atomic E-state index is -2.12. The summed E-state index contributed by atoms with van der Waals surface area (Å²) < 4.78 is 33.2. The maximum atomic E-state index is 13.7. The molecule has 0 aromatic heterocycles. The first kappa shape index (κ1) is 12.5. The maximum absolute atomic E-state index is 13.7. The van der Waals surface area contributed by atoms with E-state index in [9.17, 15) is 13.6 Å². The van der Waals surface area contributed by atoms with Crippen LogP contribution in [0.2, 0.25) is 0 Å². The van der Waals surface area contributed by atoms with Crippen molar-refractivity contribution in [1.29, 1.82) is 0 Å². The van der Waals surface area contributed by atoms with Gasteiger partial charge in [0.05, 0.1) is 0 Å². The fourth-order valence-corrected chi connectivity index (χ4v) is 7.41. The molecular weight excluding hydrogens is 341 g/mol. The number of alkyl halides is 1. The number of methoxy groups -OCH3 is 1. The molecule has 0 N–H and O–H groups in total. The normalized spacial score (nSPS) is 16.9. The van der Waals surface area contributed by atoms with E-state index >= 15 is 0 Å². The van der Waals surface area contributed by atoms with E-state index in [0.29, 0.717) is 7.15 Å². The fraction of sp³-hybridized carbons (Fsp3) is 0.250. The van der Waals surface area contributed by atoms with Crippen molar-refractivity contribution in [3.05, 3.63) is 43.1 Å². The molecule has 1 aliphatic heterocycles. The Morgan fingerprint density at radius 3 is 2.88 bits per heavy atom. The van der Waals surface area contributed by atoms with Crippen LogP contribution in [0.25, 0.3) is 0 Å². The molecule has 0 fully saturated rings. The molecular formula is C12H11F2IO2. The number of carbonyl (C=O) groups excluding carboxylic acids is 1. The van der Waals surface area contributed by atoms with Gasteiger partial charge in [0.15, 0.2) is 0 Å². The summed E-state index contributed by atoms with van der Waals surface area (Å²) in [5, 5.41) is 0. The van der Waals surface area contributed by atoms with Crippen LogP contribution in [0.5, 0.6) is 0 Å². The van der Waals surface area contributed by atoms with Crippen LogP contribution >= 0.6 is 19.8 Å². The van der Waals surface area contributed by atoms with Crippen molar-refractivity contribution in [2.45, 2.75) is 6.42 Å². The summed E-state index contributed by atoms with van der Waals surface area (Å²) in [6.07, 6.45) is 2.53. The molecule has 0 saturated heterocycles. The molecule has 0 saturated carbocycles. The SMILES string of the molecule is COC(=O)C1=CCCI1c1cc(F)ccc1F. The standard InChI is InChI=1S/C12H11F2IO2/c1-17-12(16)10-3-2-6-15(10)11-7-8(13)4-5-9(11)14/h3-5,7H,2,6H2,1H3. The number of ether oxygens (including phenoxy) is 1. The van der Waals surface area contributed by atoms with Crippen LogP contribution in [0.4, 0.5) is 8.78 Å². The van der Waals surface area contributed by atoms with Gasteiger partial charge in [0.1, 0.15) is 0 Å². The number of esters is 1. The van der Waals surface area contributed by atoms with Gasteiger partial charge in [-0.15, -0.1) is 0 Å². The van der Waals surface area contributed by atoms with Crippen molar-refractivity contribution in [2.24, 2.45) is 0 Å². The number of allylic oxidation sites excluding steroid dienone is 1. The van der Waals surface area contributed by atoms with E-state index < -0.39 is 37.4 Å². The monoisotopic (exact) mass is 352 g/mol. The molecule has 0 radical (unpaired) electrons. The molecule has 1 aromatic carbocycles. The number of halogens is 3. The van der Waals surface area contributed by atoms with Crippen LogP contribution in [-0.4, -0.2) is 17.5 Å². The van der Waals surface area contributed by atoms with Crippen LogP contribution in [-0.2, 0) is 9.53 Å². The number of rotatable bonds is 2. The predicted octanol–water partition coefficient (Wildman–Crippen LogP) is 3.10. The zero-order chi connectivity index (χ0) is 12.4. The molecule has 2 rings (SSSR count). The Morgan fingerprint density at radius 1 is 1.41 bits per heavy atom. The van der Waals surface area contributed by atoms with E-state index in [-0.39, 0.29) is 0 Å². The first-order valence-electron chi connectivity index (χ1n) is 5.02. The van der Waals surface area contributed by atoms with Crippen LogP contribution in [0.1, 0.15) is 6.42 Å². The molecule has 17 heavy (non-hydrogen) atoms. The molecule has 1 aliphatic rings. The van der Waals surface area contributed by atoms with Crippen molar-refractivity contribution in [1.82, 2.24) is 0 Å². The van der Waals surface area contributed by atoms with E-state index in [4.69, 9.17) is 0 Å². The van der Waals surface area contributed by atoms with Gasteiger partial charge < -0.3 is 0 Å². The van der Waals surface area contributed by atoms with Crippen molar-refractivity contribution in [3.63, 3.8) is 0 Å². The molecule has 1 aromatic rings. The number of hydrogen-bond donors (Lipinski definition) is 0. The molecule has 0 bridgehead atoms. The topological polar surface area (TPSA) is 26.3 Å². The Kier molecular flexibility index (Phi) is 3.76. The minimum absolute atomic E-state index is 0.378. The Balaban J connectivity index is 2.37. The van der Waals surface area contributed by atoms with E-state index in [2.05, 4.69) is 4.74 Å². The second-order valence-electron chi connectivity index (χ2n) is 3.44. The molecule has 0 amide bonds. The van der Waals surface area contributed by atoms with E-state index in [1.54, 1.807) is 6.08 Å². The third-order valence-electron chi connectivity index (χ3n) is 2.38. The first-order valence-corrected chi connectivity index (χ1v) is 8.71. The quantitative estimate of drug-likeness (QED) is 0.354. The van der Waals surface area contributed by atoms with Crippen LogP contribution in [0.15, 0.2) is 27.9 Å². The van der Waals surface area contributed by atoms with E-state index in [0.717, 1.165) is 23.0 Å². The Morgan fingerprint density at radius 2 is 2.18 bits per heavy atom.